The molecular formula is C26H50N2Na2O6. The Bertz CT molecular complexity index is 527. The van der Waals surface area contributed by atoms with Crippen LogP contribution in [0.1, 0.15) is 110 Å². The van der Waals surface area contributed by atoms with Gasteiger partial charge in [-0.2, -0.15) is 0 Å². The first kappa shape index (κ1) is 40.8. The molecule has 0 saturated heterocycles. The summed E-state index contributed by atoms with van der Waals surface area (Å²) in [5.74, 6) is -2.04. The number of aliphatic carboxylic acids is 2. The van der Waals surface area contributed by atoms with Gasteiger partial charge in [0.2, 0.25) is 5.91 Å². The van der Waals surface area contributed by atoms with Crippen molar-refractivity contribution in [1.29, 1.82) is 0 Å². The van der Waals surface area contributed by atoms with Crippen molar-refractivity contribution in [3.63, 3.8) is 0 Å². The maximum absolute atomic E-state index is 12.0. The van der Waals surface area contributed by atoms with Gasteiger partial charge < -0.3 is 20.3 Å². The summed E-state index contributed by atoms with van der Waals surface area (Å²) in [6, 6.07) is 0. The van der Waals surface area contributed by atoms with Gasteiger partial charge in [0, 0.05) is 85.2 Å². The molecule has 10 heteroatoms. The minimum Gasteiger partial charge on any atom is -0.480 e. The zero-order chi connectivity index (χ0) is 25.3. The number of hydrogen-bond acceptors (Lipinski definition) is 5. The Labute approximate surface area is 263 Å². The first-order valence-electron chi connectivity index (χ1n) is 13.5. The minimum atomic E-state index is -1.06. The molecule has 0 atom stereocenters. The fraction of sp³-hybridized carbons (Fsp3) is 0.885. The first-order valence-corrected chi connectivity index (χ1v) is 13.5. The number of carbonyl (C=O) groups is 3. The van der Waals surface area contributed by atoms with Crippen LogP contribution in [0.3, 0.4) is 0 Å². The summed E-state index contributed by atoms with van der Waals surface area (Å²) in [6.07, 6.45) is 19.9. The van der Waals surface area contributed by atoms with Crippen molar-refractivity contribution in [2.45, 2.75) is 110 Å². The van der Waals surface area contributed by atoms with Crippen LogP contribution in [0, 0.1) is 0 Å². The van der Waals surface area contributed by atoms with Crippen molar-refractivity contribution in [2.75, 3.05) is 39.4 Å². The van der Waals surface area contributed by atoms with Gasteiger partial charge in [-0.3, -0.25) is 14.5 Å². The Balaban J connectivity index is -0.00000544. The molecule has 0 aromatic heterocycles. The van der Waals surface area contributed by atoms with Crippen LogP contribution in [0.25, 0.3) is 0 Å². The van der Waals surface area contributed by atoms with Crippen LogP contribution in [0.2, 0.25) is 0 Å². The van der Waals surface area contributed by atoms with Gasteiger partial charge in [0.25, 0.3) is 0 Å². The summed E-state index contributed by atoms with van der Waals surface area (Å²) in [5.41, 5.74) is 0. The third kappa shape index (κ3) is 32.4. The molecule has 2 radical (unpaired) electrons. The zero-order valence-electron chi connectivity index (χ0n) is 23.5. The van der Waals surface area contributed by atoms with E-state index < -0.39 is 18.5 Å². The molecule has 8 nitrogen and oxygen atoms in total. The Morgan fingerprint density at radius 1 is 0.694 bits per heavy atom. The second-order valence-electron chi connectivity index (χ2n) is 9.17. The van der Waals surface area contributed by atoms with E-state index >= 15 is 0 Å². The smallest absolute Gasteiger partial charge is 0.329 e. The van der Waals surface area contributed by atoms with Crippen LogP contribution in [-0.2, 0) is 19.1 Å². The van der Waals surface area contributed by atoms with Gasteiger partial charge in [0.15, 0.2) is 0 Å². The van der Waals surface area contributed by atoms with E-state index in [0.29, 0.717) is 26.1 Å². The van der Waals surface area contributed by atoms with E-state index in [9.17, 15) is 14.4 Å². The molecule has 36 heavy (non-hydrogen) atoms. The van der Waals surface area contributed by atoms with Gasteiger partial charge in [-0.25, -0.2) is 4.79 Å². The molecular weight excluding hydrogens is 482 g/mol. The molecule has 0 spiro atoms. The Morgan fingerprint density at radius 3 is 1.61 bits per heavy atom. The largest absolute Gasteiger partial charge is 0.480 e. The quantitative estimate of drug-likeness (QED) is 0.113. The maximum Gasteiger partial charge on any atom is 0.329 e. The number of hydrogen-bond donors (Lipinski definition) is 3. The number of carboxylic acids is 2. The zero-order valence-corrected chi connectivity index (χ0v) is 27.5. The standard InChI is InChI=1S/C26H50N2O6.2Na/c1-2-3-4-5-6-7-8-9-10-11-12-13-14-15-16-17-24(29)27-18-19-28(22-25(30)31)20-21-34-23-26(32)33;;/h2-23H2,1H3,(H,27,29)(H,30,31)(H,32,33);;. The van der Waals surface area contributed by atoms with Crippen molar-refractivity contribution in [3.05, 3.63) is 0 Å². The summed E-state index contributed by atoms with van der Waals surface area (Å²) in [5, 5.41) is 20.4. The monoisotopic (exact) mass is 532 g/mol. The predicted molar refractivity (Wildman–Crippen MR) is 147 cm³/mol. The van der Waals surface area contributed by atoms with Gasteiger partial charge in [-0.05, 0) is 6.42 Å². The van der Waals surface area contributed by atoms with E-state index in [1.807, 2.05) is 0 Å². The second-order valence-corrected chi connectivity index (χ2v) is 9.17. The topological polar surface area (TPSA) is 116 Å². The van der Waals surface area contributed by atoms with E-state index in [2.05, 4.69) is 12.2 Å². The minimum absolute atomic E-state index is 0. The van der Waals surface area contributed by atoms with Crippen LogP contribution in [-0.4, -0.2) is 131 Å². The molecule has 0 rings (SSSR count). The number of amides is 1. The maximum atomic E-state index is 12.0. The number of unbranched alkanes of at least 4 members (excludes halogenated alkanes) is 14. The normalized spacial score (nSPS) is 10.5. The fourth-order valence-electron chi connectivity index (χ4n) is 3.91. The first-order chi connectivity index (χ1) is 16.5. The van der Waals surface area contributed by atoms with Crippen LogP contribution in [0.5, 0.6) is 0 Å². The number of nitrogens with one attached hydrogen (secondary N) is 1. The molecule has 0 aliphatic heterocycles. The molecule has 0 saturated carbocycles. The van der Waals surface area contributed by atoms with E-state index in [-0.39, 0.29) is 78.2 Å². The van der Waals surface area contributed by atoms with Crippen molar-refractivity contribution in [2.24, 2.45) is 0 Å². The van der Waals surface area contributed by atoms with Crippen LogP contribution >= 0.6 is 0 Å². The van der Waals surface area contributed by atoms with Gasteiger partial charge in [-0.15, -0.1) is 0 Å². The summed E-state index contributed by atoms with van der Waals surface area (Å²) in [6.45, 7) is 2.86. The molecule has 0 bridgehead atoms. The molecule has 0 fully saturated rings. The van der Waals surface area contributed by atoms with Gasteiger partial charge in [-0.1, -0.05) is 96.8 Å². The van der Waals surface area contributed by atoms with Crippen LogP contribution in [0.15, 0.2) is 0 Å². The Kier molecular flexibility index (Phi) is 35.8. The molecule has 1 amide bonds. The van der Waals surface area contributed by atoms with Crippen molar-refractivity contribution in [3.8, 4) is 0 Å². The fourth-order valence-corrected chi connectivity index (χ4v) is 3.91. The van der Waals surface area contributed by atoms with Crippen LogP contribution < -0.4 is 5.32 Å². The van der Waals surface area contributed by atoms with Gasteiger partial charge >= 0.3 is 11.9 Å². The average Bonchev–Trinajstić information content (AvgIpc) is 2.78. The van der Waals surface area contributed by atoms with E-state index in [4.69, 9.17) is 14.9 Å². The number of carboxylic acid groups (broad SMARTS) is 2. The Morgan fingerprint density at radius 2 is 1.17 bits per heavy atom. The predicted octanol–water partition coefficient (Wildman–Crippen LogP) is 4.09. The molecule has 0 aromatic carbocycles. The Hall–Kier alpha value is 0.330. The van der Waals surface area contributed by atoms with Crippen molar-refractivity contribution >= 4 is 77.0 Å². The summed E-state index contributed by atoms with van der Waals surface area (Å²) >= 11 is 0. The van der Waals surface area contributed by atoms with Crippen molar-refractivity contribution < 1.29 is 29.3 Å². The van der Waals surface area contributed by atoms with Gasteiger partial charge in [0.1, 0.15) is 6.61 Å². The summed E-state index contributed by atoms with van der Waals surface area (Å²) < 4.78 is 4.95. The molecule has 0 aliphatic rings. The molecule has 0 aliphatic carbocycles. The number of nitrogens with zero attached hydrogens (tertiary/aromatic N) is 1. The molecule has 0 heterocycles. The number of carbonyl (C=O) groups excluding carboxylic acids is 1. The van der Waals surface area contributed by atoms with E-state index in [1.165, 1.54) is 83.5 Å². The third-order valence-electron chi connectivity index (χ3n) is 5.89. The molecule has 202 valence electrons. The SMILES string of the molecule is CCCCCCCCCCCCCCCCCC(=O)NCCN(CCOCC(=O)O)CC(=O)O.[Na].[Na]. The van der Waals surface area contributed by atoms with E-state index in [1.54, 1.807) is 4.90 Å². The average molecular weight is 533 g/mol. The van der Waals surface area contributed by atoms with Crippen LogP contribution in [0.4, 0.5) is 0 Å². The summed E-state index contributed by atoms with van der Waals surface area (Å²) in [7, 11) is 0. The number of rotatable bonds is 26. The molecule has 3 N–H and O–H groups in total. The summed E-state index contributed by atoms with van der Waals surface area (Å²) in [4.78, 5) is 35.0. The van der Waals surface area contributed by atoms with Gasteiger partial charge in [0.05, 0.1) is 13.2 Å². The molecule has 0 unspecified atom stereocenters. The van der Waals surface area contributed by atoms with Crippen molar-refractivity contribution in [1.82, 2.24) is 10.2 Å². The third-order valence-corrected chi connectivity index (χ3v) is 5.89. The van der Waals surface area contributed by atoms with E-state index in [0.717, 1.165) is 12.8 Å². The molecule has 0 aromatic rings. The second kappa shape index (κ2) is 31.5. The number of ether oxygens (including phenoxy) is 1.